The second-order valence-corrected chi connectivity index (χ2v) is 2.78. The third-order valence-corrected chi connectivity index (χ3v) is 1.05. The molecule has 0 saturated carbocycles. The lowest BCUT2D eigenvalue weighted by atomic mass is 10.6. The molecule has 0 aliphatic heterocycles. The van der Waals surface area contributed by atoms with E-state index in [9.17, 15) is 0 Å². The second-order valence-electron chi connectivity index (χ2n) is 1.97. The Morgan fingerprint density at radius 3 is 2.18 bits per heavy atom. The highest BCUT2D eigenvalue weighted by Crippen LogP contribution is 2.02. The monoisotopic (exact) mass is 217 g/mol. The van der Waals surface area contributed by atoms with Crippen LogP contribution >= 0.6 is 15.9 Å². The van der Waals surface area contributed by atoms with Crippen LogP contribution in [0.25, 0.3) is 0 Å². The van der Waals surface area contributed by atoms with Crippen molar-refractivity contribution >= 4 is 21.7 Å². The molecule has 4 heteroatoms. The first-order valence-corrected chi connectivity index (χ1v) is 4.23. The summed E-state index contributed by atoms with van der Waals surface area (Å²) in [6.45, 7) is 4.25. The van der Waals surface area contributed by atoms with E-state index in [4.69, 9.17) is 5.73 Å². The van der Waals surface area contributed by atoms with E-state index in [0.29, 0.717) is 10.4 Å². The lowest BCUT2D eigenvalue weighted by molar-refractivity contribution is 1.09. The number of aromatic nitrogens is 2. The van der Waals surface area contributed by atoms with Gasteiger partial charge < -0.3 is 5.73 Å². The zero-order valence-electron chi connectivity index (χ0n) is 6.71. The molecule has 0 aromatic carbocycles. The summed E-state index contributed by atoms with van der Waals surface area (Å²) in [5, 5.41) is 0. The van der Waals surface area contributed by atoms with Gasteiger partial charge in [-0.25, -0.2) is 9.97 Å². The molecule has 0 radical (unpaired) electrons. The largest absolute Gasteiger partial charge is 0.382 e. The Morgan fingerprint density at radius 1 is 1.36 bits per heavy atom. The molecule has 0 amide bonds. The van der Waals surface area contributed by atoms with Gasteiger partial charge >= 0.3 is 0 Å². The van der Waals surface area contributed by atoms with Crippen LogP contribution in [0.4, 0.5) is 5.82 Å². The lowest BCUT2D eigenvalue weighted by Gasteiger charge is -1.87. The standard InChI is InChI=1S/C4H4BrN3.C3H8/c5-3-1-8-4(6)2-7-3;1-3-2/h1-2H,(H2,6,8);3H2,1-2H3. The van der Waals surface area contributed by atoms with Gasteiger partial charge in [0.2, 0.25) is 0 Å². The molecule has 62 valence electrons. The minimum Gasteiger partial charge on any atom is -0.382 e. The van der Waals surface area contributed by atoms with E-state index in [0.717, 1.165) is 0 Å². The highest BCUT2D eigenvalue weighted by atomic mass is 79.9. The summed E-state index contributed by atoms with van der Waals surface area (Å²) in [6.07, 6.45) is 4.29. The molecule has 2 N–H and O–H groups in total. The van der Waals surface area contributed by atoms with E-state index >= 15 is 0 Å². The molecule has 0 fully saturated rings. The van der Waals surface area contributed by atoms with Crippen molar-refractivity contribution in [3.63, 3.8) is 0 Å². The van der Waals surface area contributed by atoms with Gasteiger partial charge in [0, 0.05) is 0 Å². The molecule has 0 atom stereocenters. The first-order chi connectivity index (χ1) is 5.20. The molecule has 0 saturated heterocycles. The second kappa shape index (κ2) is 6.09. The van der Waals surface area contributed by atoms with Crippen molar-refractivity contribution < 1.29 is 0 Å². The minimum atomic E-state index is 0.438. The van der Waals surface area contributed by atoms with Crippen molar-refractivity contribution in [2.75, 3.05) is 5.73 Å². The van der Waals surface area contributed by atoms with Crippen LogP contribution in [0.1, 0.15) is 20.3 Å². The number of rotatable bonds is 0. The number of anilines is 1. The molecule has 0 aliphatic carbocycles. The number of halogens is 1. The van der Waals surface area contributed by atoms with E-state index in [1.165, 1.54) is 12.6 Å². The SMILES string of the molecule is CCC.Nc1cnc(Br)cn1. The Bertz CT molecular complexity index is 164. The summed E-state index contributed by atoms with van der Waals surface area (Å²) in [6, 6.07) is 0. The van der Waals surface area contributed by atoms with Crippen LogP contribution in [0, 0.1) is 0 Å². The highest BCUT2D eigenvalue weighted by Gasteiger charge is 1.84. The van der Waals surface area contributed by atoms with Crippen LogP contribution in [-0.2, 0) is 0 Å². The summed E-state index contributed by atoms with van der Waals surface area (Å²) in [7, 11) is 0. The van der Waals surface area contributed by atoms with Gasteiger partial charge in [0.15, 0.2) is 0 Å². The number of hydrogen-bond acceptors (Lipinski definition) is 3. The minimum absolute atomic E-state index is 0.438. The fourth-order valence-electron chi connectivity index (χ4n) is 0.322. The smallest absolute Gasteiger partial charge is 0.141 e. The molecule has 1 heterocycles. The van der Waals surface area contributed by atoms with Crippen molar-refractivity contribution in [3.05, 3.63) is 17.0 Å². The number of nitrogens with zero attached hydrogens (tertiary/aromatic N) is 2. The van der Waals surface area contributed by atoms with Crippen molar-refractivity contribution in [1.82, 2.24) is 9.97 Å². The molecular formula is C7H12BrN3. The predicted molar refractivity (Wildman–Crippen MR) is 50.1 cm³/mol. The van der Waals surface area contributed by atoms with Gasteiger partial charge in [0.05, 0.1) is 12.4 Å². The predicted octanol–water partition coefficient (Wildman–Crippen LogP) is 2.24. The quantitative estimate of drug-likeness (QED) is 0.726. The maximum absolute atomic E-state index is 5.23. The first kappa shape index (κ1) is 10.4. The van der Waals surface area contributed by atoms with Crippen molar-refractivity contribution in [2.45, 2.75) is 20.3 Å². The molecule has 11 heavy (non-hydrogen) atoms. The first-order valence-electron chi connectivity index (χ1n) is 3.43. The van der Waals surface area contributed by atoms with E-state index in [1.54, 1.807) is 6.20 Å². The van der Waals surface area contributed by atoms with Gasteiger partial charge in [-0.05, 0) is 15.9 Å². The van der Waals surface area contributed by atoms with Crippen LogP contribution in [0.15, 0.2) is 17.0 Å². The molecule has 1 aromatic heterocycles. The summed E-state index contributed by atoms with van der Waals surface area (Å²) in [4.78, 5) is 7.55. The third kappa shape index (κ3) is 5.79. The molecule has 1 rings (SSSR count). The van der Waals surface area contributed by atoms with Gasteiger partial charge in [0.25, 0.3) is 0 Å². The highest BCUT2D eigenvalue weighted by molar-refractivity contribution is 9.10. The maximum atomic E-state index is 5.23. The Balaban J connectivity index is 0.000000292. The fraction of sp³-hybridized carbons (Fsp3) is 0.429. The number of hydrogen-bond donors (Lipinski definition) is 1. The van der Waals surface area contributed by atoms with Gasteiger partial charge in [-0.15, -0.1) is 0 Å². The van der Waals surface area contributed by atoms with Crippen LogP contribution in [0.2, 0.25) is 0 Å². The van der Waals surface area contributed by atoms with Crippen molar-refractivity contribution in [2.24, 2.45) is 0 Å². The van der Waals surface area contributed by atoms with Gasteiger partial charge in [-0.2, -0.15) is 0 Å². The van der Waals surface area contributed by atoms with Crippen LogP contribution < -0.4 is 5.73 Å². The molecular weight excluding hydrogens is 206 g/mol. The normalized spacial score (nSPS) is 8.27. The fourth-order valence-corrected chi connectivity index (χ4v) is 0.527. The maximum Gasteiger partial charge on any atom is 0.141 e. The van der Waals surface area contributed by atoms with Crippen LogP contribution in [-0.4, -0.2) is 9.97 Å². The lowest BCUT2D eigenvalue weighted by Crippen LogP contribution is -1.89. The zero-order valence-corrected chi connectivity index (χ0v) is 8.30. The van der Waals surface area contributed by atoms with E-state index in [1.807, 2.05) is 0 Å². The Labute approximate surface area is 75.2 Å². The molecule has 0 aliphatic rings. The third-order valence-electron chi connectivity index (χ3n) is 0.640. The summed E-state index contributed by atoms with van der Waals surface area (Å²) in [5.41, 5.74) is 5.23. The molecule has 0 unspecified atom stereocenters. The van der Waals surface area contributed by atoms with Crippen molar-refractivity contribution in [3.8, 4) is 0 Å². The van der Waals surface area contributed by atoms with Crippen LogP contribution in [0.5, 0.6) is 0 Å². The Morgan fingerprint density at radius 2 is 1.91 bits per heavy atom. The van der Waals surface area contributed by atoms with Crippen LogP contribution in [0.3, 0.4) is 0 Å². The zero-order chi connectivity index (χ0) is 8.69. The average Bonchev–Trinajstić information content (AvgIpc) is 1.97. The van der Waals surface area contributed by atoms with Gasteiger partial charge in [-0.1, -0.05) is 20.3 Å². The molecule has 1 aromatic rings. The Hall–Kier alpha value is -0.640. The number of nitrogens with two attached hydrogens (primary N) is 1. The molecule has 0 bridgehead atoms. The van der Waals surface area contributed by atoms with Gasteiger partial charge in [-0.3, -0.25) is 0 Å². The van der Waals surface area contributed by atoms with Crippen molar-refractivity contribution in [1.29, 1.82) is 0 Å². The summed E-state index contributed by atoms with van der Waals surface area (Å²) < 4.78 is 0.701. The topological polar surface area (TPSA) is 51.8 Å². The number of nitrogen functional groups attached to an aromatic ring is 1. The summed E-state index contributed by atoms with van der Waals surface area (Å²) in [5.74, 6) is 0.438. The molecule has 3 nitrogen and oxygen atoms in total. The van der Waals surface area contributed by atoms with E-state index in [-0.39, 0.29) is 0 Å². The van der Waals surface area contributed by atoms with E-state index < -0.39 is 0 Å². The summed E-state index contributed by atoms with van der Waals surface area (Å²) >= 11 is 3.12. The van der Waals surface area contributed by atoms with Gasteiger partial charge in [0.1, 0.15) is 10.4 Å². The molecule has 0 spiro atoms. The van der Waals surface area contributed by atoms with E-state index in [2.05, 4.69) is 39.7 Å². The average molecular weight is 218 g/mol. The Kier molecular flexibility index (Phi) is 5.74.